The number of rotatable bonds is 4. The molecular formula is C14H14BrClN2O2S. The van der Waals surface area contributed by atoms with Crippen molar-refractivity contribution in [2.24, 2.45) is 5.73 Å². The van der Waals surface area contributed by atoms with Crippen molar-refractivity contribution in [3.63, 3.8) is 0 Å². The lowest BCUT2D eigenvalue weighted by molar-refractivity contribution is 0.600. The molecule has 0 aliphatic heterocycles. The third kappa shape index (κ3) is 3.77. The monoisotopic (exact) mass is 388 g/mol. The van der Waals surface area contributed by atoms with Crippen LogP contribution in [0.4, 0.5) is 5.69 Å². The molecule has 3 N–H and O–H groups in total. The Labute approximate surface area is 137 Å². The van der Waals surface area contributed by atoms with Crippen LogP contribution in [-0.2, 0) is 16.6 Å². The van der Waals surface area contributed by atoms with E-state index < -0.39 is 10.0 Å². The van der Waals surface area contributed by atoms with Crippen LogP contribution in [0, 0.1) is 6.92 Å². The smallest absolute Gasteiger partial charge is 0.263 e. The van der Waals surface area contributed by atoms with Crippen LogP contribution in [0.3, 0.4) is 0 Å². The van der Waals surface area contributed by atoms with Crippen LogP contribution in [-0.4, -0.2) is 8.42 Å². The Morgan fingerprint density at radius 1 is 1.24 bits per heavy atom. The first-order chi connectivity index (χ1) is 9.83. The highest BCUT2D eigenvalue weighted by molar-refractivity contribution is 9.10. The molecular weight excluding hydrogens is 376 g/mol. The first-order valence-corrected chi connectivity index (χ1v) is 8.76. The molecule has 0 heterocycles. The minimum atomic E-state index is -3.75. The average Bonchev–Trinajstić information content (AvgIpc) is 2.43. The van der Waals surface area contributed by atoms with Crippen molar-refractivity contribution < 1.29 is 8.42 Å². The van der Waals surface area contributed by atoms with Crippen molar-refractivity contribution in [3.05, 3.63) is 57.0 Å². The average molecular weight is 390 g/mol. The van der Waals surface area contributed by atoms with Gasteiger partial charge in [0.2, 0.25) is 0 Å². The van der Waals surface area contributed by atoms with Crippen molar-refractivity contribution in [3.8, 4) is 0 Å². The number of nitrogens with two attached hydrogens (primary N) is 1. The first kappa shape index (κ1) is 16.3. The van der Waals surface area contributed by atoms with E-state index in [1.54, 1.807) is 24.3 Å². The summed E-state index contributed by atoms with van der Waals surface area (Å²) < 4.78 is 28.0. The molecule has 7 heteroatoms. The lowest BCUT2D eigenvalue weighted by atomic mass is 10.2. The molecule has 0 spiro atoms. The number of benzene rings is 2. The Kier molecular flexibility index (Phi) is 4.93. The fourth-order valence-electron chi connectivity index (χ4n) is 1.80. The van der Waals surface area contributed by atoms with E-state index in [1.807, 2.05) is 13.0 Å². The van der Waals surface area contributed by atoms with Gasteiger partial charge < -0.3 is 5.73 Å². The van der Waals surface area contributed by atoms with Gasteiger partial charge >= 0.3 is 0 Å². The van der Waals surface area contributed by atoms with E-state index in [0.717, 1.165) is 11.1 Å². The van der Waals surface area contributed by atoms with Crippen molar-refractivity contribution >= 4 is 43.2 Å². The van der Waals surface area contributed by atoms with Gasteiger partial charge in [0.25, 0.3) is 10.0 Å². The molecule has 112 valence electrons. The molecule has 0 radical (unpaired) electrons. The number of hydrogen-bond donors (Lipinski definition) is 2. The summed E-state index contributed by atoms with van der Waals surface area (Å²) in [6.45, 7) is 2.13. The lowest BCUT2D eigenvalue weighted by Gasteiger charge is -2.12. The van der Waals surface area contributed by atoms with E-state index in [4.69, 9.17) is 17.3 Å². The van der Waals surface area contributed by atoms with Crippen molar-refractivity contribution in [2.75, 3.05) is 4.72 Å². The summed E-state index contributed by atoms with van der Waals surface area (Å²) in [4.78, 5) is 0.128. The van der Waals surface area contributed by atoms with E-state index >= 15 is 0 Å². The molecule has 2 aromatic carbocycles. The largest absolute Gasteiger partial charge is 0.326 e. The Morgan fingerprint density at radius 2 is 1.95 bits per heavy atom. The van der Waals surface area contributed by atoms with Gasteiger partial charge in [0, 0.05) is 11.0 Å². The van der Waals surface area contributed by atoms with Gasteiger partial charge in [0.05, 0.1) is 10.7 Å². The molecule has 21 heavy (non-hydrogen) atoms. The van der Waals surface area contributed by atoms with Gasteiger partial charge in [-0.3, -0.25) is 4.72 Å². The second-order valence-electron chi connectivity index (χ2n) is 4.56. The summed E-state index contributed by atoms with van der Waals surface area (Å²) in [6.07, 6.45) is 0. The topological polar surface area (TPSA) is 72.2 Å². The van der Waals surface area contributed by atoms with Crippen molar-refractivity contribution in [1.82, 2.24) is 0 Å². The van der Waals surface area contributed by atoms with Crippen LogP contribution in [0.1, 0.15) is 11.1 Å². The normalized spacial score (nSPS) is 11.4. The molecule has 0 aliphatic carbocycles. The fraction of sp³-hybridized carbons (Fsp3) is 0.143. The van der Waals surface area contributed by atoms with Gasteiger partial charge in [0.1, 0.15) is 4.90 Å². The Balaban J connectivity index is 2.45. The number of anilines is 1. The van der Waals surface area contributed by atoms with Gasteiger partial charge in [-0.1, -0.05) is 23.7 Å². The van der Waals surface area contributed by atoms with Crippen LogP contribution < -0.4 is 10.5 Å². The van der Waals surface area contributed by atoms with Gasteiger partial charge in [-0.05, 0) is 58.2 Å². The van der Waals surface area contributed by atoms with Gasteiger partial charge in [-0.15, -0.1) is 0 Å². The maximum absolute atomic E-state index is 12.5. The lowest BCUT2D eigenvalue weighted by Crippen LogP contribution is -2.14. The van der Waals surface area contributed by atoms with Crippen LogP contribution >= 0.6 is 27.5 Å². The van der Waals surface area contributed by atoms with Gasteiger partial charge in [-0.2, -0.15) is 0 Å². The number of hydrogen-bond acceptors (Lipinski definition) is 3. The SMILES string of the molecule is Cc1ccc(Cl)c(NS(=O)(=O)c2cc(CN)ccc2Br)c1. The third-order valence-corrected chi connectivity index (χ3v) is 5.58. The molecule has 2 rings (SSSR count). The predicted molar refractivity (Wildman–Crippen MR) is 89.0 cm³/mol. The molecule has 0 atom stereocenters. The summed E-state index contributed by atoms with van der Waals surface area (Å²) in [7, 11) is -3.75. The Bertz CT molecular complexity index is 779. The van der Waals surface area contributed by atoms with Gasteiger partial charge in [-0.25, -0.2) is 8.42 Å². The Hall–Kier alpha value is -1.08. The van der Waals surface area contributed by atoms with Crippen LogP contribution in [0.15, 0.2) is 45.8 Å². The highest BCUT2D eigenvalue weighted by Gasteiger charge is 2.19. The molecule has 4 nitrogen and oxygen atoms in total. The molecule has 0 saturated carbocycles. The van der Waals surface area contributed by atoms with E-state index in [9.17, 15) is 8.42 Å². The molecule has 2 aromatic rings. The zero-order valence-corrected chi connectivity index (χ0v) is 14.4. The number of halogens is 2. The minimum Gasteiger partial charge on any atom is -0.326 e. The molecule has 0 aromatic heterocycles. The second-order valence-corrected chi connectivity index (χ2v) is 7.47. The summed E-state index contributed by atoms with van der Waals surface area (Å²) in [5, 5.41) is 0.343. The minimum absolute atomic E-state index is 0.128. The molecule has 0 fully saturated rings. The van der Waals surface area contributed by atoms with E-state index in [-0.39, 0.29) is 11.4 Å². The summed E-state index contributed by atoms with van der Waals surface area (Å²) in [5.74, 6) is 0. The zero-order chi connectivity index (χ0) is 15.6. The highest BCUT2D eigenvalue weighted by Crippen LogP contribution is 2.29. The summed E-state index contributed by atoms with van der Waals surface area (Å²) >= 11 is 9.28. The van der Waals surface area contributed by atoms with Crippen molar-refractivity contribution in [1.29, 1.82) is 0 Å². The number of nitrogens with one attached hydrogen (secondary N) is 1. The van der Waals surface area contributed by atoms with Crippen molar-refractivity contribution in [2.45, 2.75) is 18.4 Å². The maximum Gasteiger partial charge on any atom is 0.263 e. The molecule has 0 unspecified atom stereocenters. The predicted octanol–water partition coefficient (Wildman–Crippen LogP) is 3.67. The van der Waals surface area contributed by atoms with Gasteiger partial charge in [0.15, 0.2) is 0 Å². The fourth-order valence-corrected chi connectivity index (χ4v) is 4.10. The summed E-state index contributed by atoms with van der Waals surface area (Å²) in [5.41, 5.74) is 7.55. The molecule has 0 saturated heterocycles. The molecule has 0 aliphatic rings. The van der Waals surface area contributed by atoms with E-state index in [1.165, 1.54) is 6.07 Å². The quantitative estimate of drug-likeness (QED) is 0.838. The molecule has 0 amide bonds. The Morgan fingerprint density at radius 3 is 2.62 bits per heavy atom. The van der Waals surface area contributed by atoms with E-state index in [0.29, 0.717) is 15.2 Å². The summed E-state index contributed by atoms with van der Waals surface area (Å²) in [6, 6.07) is 10.1. The number of aryl methyl sites for hydroxylation is 1. The van der Waals surface area contributed by atoms with Crippen LogP contribution in [0.2, 0.25) is 5.02 Å². The second kappa shape index (κ2) is 6.36. The standard InChI is InChI=1S/C14H14BrClN2O2S/c1-9-2-5-12(16)13(6-9)18-21(19,20)14-7-10(8-17)3-4-11(14)15/h2-7,18H,8,17H2,1H3. The van der Waals surface area contributed by atoms with Crippen LogP contribution in [0.25, 0.3) is 0 Å². The van der Waals surface area contributed by atoms with Crippen LogP contribution in [0.5, 0.6) is 0 Å². The third-order valence-electron chi connectivity index (χ3n) is 2.89. The maximum atomic E-state index is 12.5. The zero-order valence-electron chi connectivity index (χ0n) is 11.2. The van der Waals surface area contributed by atoms with E-state index in [2.05, 4.69) is 20.7 Å². The molecule has 0 bridgehead atoms. The first-order valence-electron chi connectivity index (χ1n) is 6.11. The number of sulfonamides is 1. The highest BCUT2D eigenvalue weighted by atomic mass is 79.9.